The molecular weight excluding hydrogens is 256 g/mol. The lowest BCUT2D eigenvalue weighted by Gasteiger charge is -2.29. The molecule has 1 aromatic rings. The van der Waals surface area contributed by atoms with Crippen LogP contribution < -0.4 is 0 Å². The minimum atomic E-state index is 0.400. The van der Waals surface area contributed by atoms with Gasteiger partial charge in [-0.1, -0.05) is 50.1 Å². The molecule has 106 valence electrons. The predicted molar refractivity (Wildman–Crippen MR) is 81.5 cm³/mol. The van der Waals surface area contributed by atoms with E-state index in [1.54, 1.807) is 0 Å². The second-order valence-electron chi connectivity index (χ2n) is 6.15. The van der Waals surface area contributed by atoms with Crippen LogP contribution in [0.4, 0.5) is 0 Å². The molecule has 1 aliphatic carbocycles. The van der Waals surface area contributed by atoms with Gasteiger partial charge in [-0.2, -0.15) is 0 Å². The summed E-state index contributed by atoms with van der Waals surface area (Å²) in [6.07, 6.45) is 6.53. The minimum Gasteiger partial charge on any atom is -0.376 e. The number of benzene rings is 1. The van der Waals surface area contributed by atoms with E-state index in [9.17, 15) is 0 Å². The standard InChI is InChI=1S/C17H25ClO/c1-15(11-17(14-18)9-5-6-10-17)12-19-13-16-7-3-2-4-8-16/h2-4,7-8,15H,5-6,9-14H2,1H3. The molecular formula is C17H25ClO. The van der Waals surface area contributed by atoms with Crippen molar-refractivity contribution in [3.63, 3.8) is 0 Å². The fraction of sp³-hybridized carbons (Fsp3) is 0.647. The van der Waals surface area contributed by atoms with Crippen molar-refractivity contribution in [3.05, 3.63) is 35.9 Å². The van der Waals surface area contributed by atoms with Gasteiger partial charge < -0.3 is 4.74 Å². The molecule has 0 radical (unpaired) electrons. The molecule has 2 heteroatoms. The van der Waals surface area contributed by atoms with Gasteiger partial charge in [0.2, 0.25) is 0 Å². The Morgan fingerprint density at radius 3 is 2.53 bits per heavy atom. The molecule has 1 fully saturated rings. The first kappa shape index (κ1) is 14.9. The van der Waals surface area contributed by atoms with Crippen molar-refractivity contribution in [1.82, 2.24) is 0 Å². The van der Waals surface area contributed by atoms with Gasteiger partial charge in [0.05, 0.1) is 6.61 Å². The summed E-state index contributed by atoms with van der Waals surface area (Å²) in [6, 6.07) is 10.4. The van der Waals surface area contributed by atoms with Crippen molar-refractivity contribution in [3.8, 4) is 0 Å². The first-order valence-corrected chi connectivity index (χ1v) is 7.95. The van der Waals surface area contributed by atoms with Gasteiger partial charge >= 0.3 is 0 Å². The zero-order valence-electron chi connectivity index (χ0n) is 11.9. The van der Waals surface area contributed by atoms with E-state index >= 15 is 0 Å². The van der Waals surface area contributed by atoms with Crippen molar-refractivity contribution >= 4 is 11.6 Å². The van der Waals surface area contributed by atoms with Crippen molar-refractivity contribution in [2.45, 2.75) is 45.6 Å². The Morgan fingerprint density at radius 2 is 1.89 bits per heavy atom. The van der Waals surface area contributed by atoms with Gasteiger partial charge in [0.25, 0.3) is 0 Å². The number of hydrogen-bond acceptors (Lipinski definition) is 1. The maximum atomic E-state index is 6.20. The van der Waals surface area contributed by atoms with Gasteiger partial charge in [0.1, 0.15) is 0 Å². The van der Waals surface area contributed by atoms with Gasteiger partial charge in [-0.3, -0.25) is 0 Å². The van der Waals surface area contributed by atoms with Gasteiger partial charge in [-0.25, -0.2) is 0 Å². The summed E-state index contributed by atoms with van der Waals surface area (Å²) in [4.78, 5) is 0. The molecule has 19 heavy (non-hydrogen) atoms. The summed E-state index contributed by atoms with van der Waals surface area (Å²) >= 11 is 6.20. The maximum Gasteiger partial charge on any atom is 0.0717 e. The van der Waals surface area contributed by atoms with Crippen molar-refractivity contribution in [2.24, 2.45) is 11.3 Å². The second-order valence-corrected chi connectivity index (χ2v) is 6.42. The molecule has 0 saturated heterocycles. The van der Waals surface area contributed by atoms with Crippen LogP contribution in [0.5, 0.6) is 0 Å². The van der Waals surface area contributed by atoms with E-state index < -0.39 is 0 Å². The highest BCUT2D eigenvalue weighted by molar-refractivity contribution is 6.18. The Balaban J connectivity index is 1.71. The molecule has 1 atom stereocenters. The van der Waals surface area contributed by atoms with Gasteiger partial charge in [-0.05, 0) is 36.2 Å². The smallest absolute Gasteiger partial charge is 0.0717 e. The average Bonchev–Trinajstić information content (AvgIpc) is 2.89. The Hall–Kier alpha value is -0.530. The van der Waals surface area contributed by atoms with Gasteiger partial charge in [0.15, 0.2) is 0 Å². The normalized spacial score (nSPS) is 19.5. The highest BCUT2D eigenvalue weighted by Crippen LogP contribution is 2.44. The summed E-state index contributed by atoms with van der Waals surface area (Å²) in [6.45, 7) is 3.85. The van der Waals surface area contributed by atoms with E-state index in [1.165, 1.54) is 37.7 Å². The van der Waals surface area contributed by atoms with Crippen LogP contribution in [0.1, 0.15) is 44.6 Å². The molecule has 0 bridgehead atoms. The molecule has 0 heterocycles. The summed E-state index contributed by atoms with van der Waals surface area (Å²) in [5, 5.41) is 0. The third-order valence-electron chi connectivity index (χ3n) is 4.24. The monoisotopic (exact) mass is 280 g/mol. The van der Waals surface area contributed by atoms with Crippen LogP contribution in [0.25, 0.3) is 0 Å². The predicted octanol–water partition coefficient (Wildman–Crippen LogP) is 5.03. The van der Waals surface area contributed by atoms with Crippen LogP contribution in [-0.2, 0) is 11.3 Å². The molecule has 0 amide bonds. The van der Waals surface area contributed by atoms with Crippen LogP contribution in [-0.4, -0.2) is 12.5 Å². The molecule has 0 aromatic heterocycles. The van der Waals surface area contributed by atoms with E-state index in [0.717, 1.165) is 19.1 Å². The third-order valence-corrected chi connectivity index (χ3v) is 4.81. The Bertz CT molecular complexity index is 357. The summed E-state index contributed by atoms with van der Waals surface area (Å²) in [5.74, 6) is 1.41. The summed E-state index contributed by atoms with van der Waals surface area (Å²) < 4.78 is 5.84. The SMILES string of the molecule is CC(COCc1ccccc1)CC1(CCl)CCCC1. The Kier molecular flexibility index (Phi) is 5.72. The first-order valence-electron chi connectivity index (χ1n) is 7.42. The Labute approximate surface area is 122 Å². The molecule has 1 nitrogen and oxygen atoms in total. The van der Waals surface area contributed by atoms with Crippen molar-refractivity contribution < 1.29 is 4.74 Å². The van der Waals surface area contributed by atoms with Crippen LogP contribution >= 0.6 is 11.6 Å². The number of alkyl halides is 1. The molecule has 1 aromatic carbocycles. The largest absolute Gasteiger partial charge is 0.376 e. The minimum absolute atomic E-state index is 0.400. The summed E-state index contributed by atoms with van der Waals surface area (Å²) in [5.41, 5.74) is 1.65. The second kappa shape index (κ2) is 7.31. The summed E-state index contributed by atoms with van der Waals surface area (Å²) in [7, 11) is 0. The highest BCUT2D eigenvalue weighted by Gasteiger charge is 2.34. The van der Waals surface area contributed by atoms with Crippen molar-refractivity contribution in [2.75, 3.05) is 12.5 Å². The molecule has 1 saturated carbocycles. The molecule has 0 spiro atoms. The van der Waals surface area contributed by atoms with E-state index in [1.807, 2.05) is 6.07 Å². The van der Waals surface area contributed by atoms with Crippen LogP contribution in [0.2, 0.25) is 0 Å². The van der Waals surface area contributed by atoms with Crippen LogP contribution in [0.3, 0.4) is 0 Å². The topological polar surface area (TPSA) is 9.23 Å². The lowest BCUT2D eigenvalue weighted by Crippen LogP contribution is -2.23. The van der Waals surface area contributed by atoms with E-state index in [-0.39, 0.29) is 0 Å². The molecule has 0 aliphatic heterocycles. The Morgan fingerprint density at radius 1 is 1.21 bits per heavy atom. The average molecular weight is 281 g/mol. The quantitative estimate of drug-likeness (QED) is 0.637. The fourth-order valence-electron chi connectivity index (χ4n) is 3.27. The third kappa shape index (κ3) is 4.50. The molecule has 1 aliphatic rings. The molecule has 2 rings (SSSR count). The van der Waals surface area contributed by atoms with Crippen LogP contribution in [0, 0.1) is 11.3 Å². The fourth-order valence-corrected chi connectivity index (χ4v) is 3.64. The number of halogens is 1. The zero-order chi connectivity index (χ0) is 13.6. The molecule has 1 unspecified atom stereocenters. The highest BCUT2D eigenvalue weighted by atomic mass is 35.5. The molecule has 0 N–H and O–H groups in total. The van der Waals surface area contributed by atoms with E-state index in [4.69, 9.17) is 16.3 Å². The zero-order valence-corrected chi connectivity index (χ0v) is 12.7. The number of ether oxygens (including phenoxy) is 1. The maximum absolute atomic E-state index is 6.20. The number of hydrogen-bond donors (Lipinski definition) is 0. The first-order chi connectivity index (χ1) is 9.24. The van der Waals surface area contributed by atoms with Crippen LogP contribution in [0.15, 0.2) is 30.3 Å². The van der Waals surface area contributed by atoms with Crippen molar-refractivity contribution in [1.29, 1.82) is 0 Å². The van der Waals surface area contributed by atoms with Gasteiger partial charge in [-0.15, -0.1) is 11.6 Å². The van der Waals surface area contributed by atoms with E-state index in [2.05, 4.69) is 31.2 Å². The van der Waals surface area contributed by atoms with Gasteiger partial charge in [0, 0.05) is 12.5 Å². The lowest BCUT2D eigenvalue weighted by molar-refractivity contribution is 0.0746. The number of rotatable bonds is 7. The lowest BCUT2D eigenvalue weighted by atomic mass is 9.80. The van der Waals surface area contributed by atoms with E-state index in [0.29, 0.717) is 11.3 Å².